The molecule has 3 fully saturated rings. The van der Waals surface area contributed by atoms with Crippen molar-refractivity contribution in [3.05, 3.63) is 107 Å². The van der Waals surface area contributed by atoms with Gasteiger partial charge in [0.15, 0.2) is 5.60 Å². The highest BCUT2D eigenvalue weighted by Gasteiger charge is 2.57. The van der Waals surface area contributed by atoms with Crippen LogP contribution >= 0.6 is 0 Å². The van der Waals surface area contributed by atoms with Crippen LogP contribution in [0.4, 0.5) is 8.78 Å². The van der Waals surface area contributed by atoms with Crippen molar-refractivity contribution < 1.29 is 40.1 Å². The first-order valence-electron chi connectivity index (χ1n) is 12.2. The van der Waals surface area contributed by atoms with E-state index in [1.165, 1.54) is 24.3 Å². The van der Waals surface area contributed by atoms with Crippen LogP contribution in [0.3, 0.4) is 0 Å². The third kappa shape index (κ3) is 5.21. The molecule has 3 aliphatic rings. The highest BCUT2D eigenvalue weighted by Crippen LogP contribution is 2.48. The summed E-state index contributed by atoms with van der Waals surface area (Å²) in [6, 6.07) is 22.3. The van der Waals surface area contributed by atoms with E-state index in [-0.39, 0.29) is 34.7 Å². The van der Waals surface area contributed by atoms with Crippen LogP contribution in [0.5, 0.6) is 0 Å². The quantitative estimate of drug-likeness (QED) is 0.349. The van der Waals surface area contributed by atoms with E-state index in [2.05, 4.69) is 12.1 Å². The predicted molar refractivity (Wildman–Crippen MR) is 128 cm³/mol. The molecule has 3 aromatic rings. The maximum Gasteiger partial charge on any atom is 0.166 e. The van der Waals surface area contributed by atoms with Gasteiger partial charge in [-0.2, -0.15) is 0 Å². The molecule has 3 saturated heterocycles. The Labute approximate surface area is 216 Å². The fourth-order valence-electron chi connectivity index (χ4n) is 6.14. The minimum absolute atomic E-state index is 0. The summed E-state index contributed by atoms with van der Waals surface area (Å²) in [5, 5.41) is 12.5. The molecule has 1 unspecified atom stereocenters. The molecule has 0 amide bonds. The van der Waals surface area contributed by atoms with Crippen molar-refractivity contribution in [1.29, 1.82) is 0 Å². The van der Waals surface area contributed by atoms with E-state index in [1.54, 1.807) is 24.3 Å². The summed E-state index contributed by atoms with van der Waals surface area (Å²) in [7, 11) is 0. The van der Waals surface area contributed by atoms with Gasteiger partial charge in [-0.1, -0.05) is 54.6 Å². The highest BCUT2D eigenvalue weighted by atomic mass is 79.9. The molecule has 0 saturated carbocycles. The Hall–Kier alpha value is -2.12. The fraction of sp³-hybridized carbons (Fsp3) is 0.379. The molecule has 3 aromatic carbocycles. The summed E-state index contributed by atoms with van der Waals surface area (Å²) < 4.78 is 34.4. The minimum Gasteiger partial charge on any atom is -1.00 e. The predicted octanol–water partition coefficient (Wildman–Crippen LogP) is 2.42. The van der Waals surface area contributed by atoms with Gasteiger partial charge < -0.3 is 31.3 Å². The van der Waals surface area contributed by atoms with Gasteiger partial charge in [0.25, 0.3) is 0 Å². The van der Waals surface area contributed by atoms with E-state index in [0.29, 0.717) is 30.3 Å². The normalized spacial score (nSPS) is 23.6. The molecule has 0 aliphatic carbocycles. The van der Waals surface area contributed by atoms with Crippen molar-refractivity contribution >= 4 is 0 Å². The zero-order valence-corrected chi connectivity index (χ0v) is 21.3. The Balaban J connectivity index is 0.00000289. The number of benzene rings is 3. The maximum atomic E-state index is 13.8. The topological polar surface area (TPSA) is 29.5 Å². The van der Waals surface area contributed by atoms with E-state index in [1.807, 2.05) is 18.2 Å². The Morgan fingerprint density at radius 2 is 1.37 bits per heavy atom. The number of fused-ring (bicyclic) bond motifs is 3. The molecule has 1 atom stereocenters. The molecule has 6 rings (SSSR count). The second kappa shape index (κ2) is 10.9. The number of quaternary nitrogens is 1. The zero-order chi connectivity index (χ0) is 23.6. The van der Waals surface area contributed by atoms with E-state index in [9.17, 15) is 13.9 Å². The first kappa shape index (κ1) is 26.0. The van der Waals surface area contributed by atoms with Crippen LogP contribution in [0.1, 0.15) is 36.0 Å². The summed E-state index contributed by atoms with van der Waals surface area (Å²) >= 11 is 0. The number of hydrogen-bond acceptors (Lipinski definition) is 2. The lowest BCUT2D eigenvalue weighted by Gasteiger charge is -2.58. The standard InChI is InChI=1S/C29H32F2NO2.BrH/c30-26-10-6-24(7-11-26)29(33,25-8-12-27(31)13-9-25)28-20-22-14-16-32(28,17-15-22)18-19-34-21-23-4-2-1-3-5-23;/h1-13,22,28,33H,14-21H2;1H/q+1;/p-1. The van der Waals surface area contributed by atoms with Crippen LogP contribution in [0.25, 0.3) is 0 Å². The zero-order valence-electron chi connectivity index (χ0n) is 19.8. The summed E-state index contributed by atoms with van der Waals surface area (Å²) in [5.41, 5.74) is 1.10. The average Bonchev–Trinajstić information content (AvgIpc) is 2.88. The molecular weight excluding hydrogens is 512 g/mol. The van der Waals surface area contributed by atoms with Crippen molar-refractivity contribution in [2.45, 2.75) is 37.5 Å². The Kier molecular flexibility index (Phi) is 8.06. The Bertz CT molecular complexity index is 1040. The van der Waals surface area contributed by atoms with Gasteiger partial charge in [-0.25, -0.2) is 8.78 Å². The van der Waals surface area contributed by atoms with Crippen LogP contribution in [0.2, 0.25) is 0 Å². The van der Waals surface area contributed by atoms with Crippen LogP contribution in [0.15, 0.2) is 78.9 Å². The third-order valence-electron chi connectivity index (χ3n) is 8.03. The summed E-state index contributed by atoms with van der Waals surface area (Å²) in [4.78, 5) is 0. The van der Waals surface area contributed by atoms with Crippen molar-refractivity contribution in [3.63, 3.8) is 0 Å². The largest absolute Gasteiger partial charge is 1.00 e. The lowest BCUT2D eigenvalue weighted by Crippen LogP contribution is -3.00. The van der Waals surface area contributed by atoms with E-state index < -0.39 is 5.60 Å². The van der Waals surface area contributed by atoms with Gasteiger partial charge in [0.05, 0.1) is 26.3 Å². The van der Waals surface area contributed by atoms with E-state index >= 15 is 0 Å². The molecule has 3 nitrogen and oxygen atoms in total. The van der Waals surface area contributed by atoms with Gasteiger partial charge in [-0.15, -0.1) is 0 Å². The van der Waals surface area contributed by atoms with Crippen molar-refractivity contribution in [2.75, 3.05) is 26.2 Å². The van der Waals surface area contributed by atoms with Crippen molar-refractivity contribution in [1.82, 2.24) is 0 Å². The van der Waals surface area contributed by atoms with Gasteiger partial charge in [-0.05, 0) is 59.7 Å². The van der Waals surface area contributed by atoms with Crippen LogP contribution in [-0.2, 0) is 16.9 Å². The monoisotopic (exact) mass is 543 g/mol. The second-order valence-electron chi connectivity index (χ2n) is 9.90. The first-order valence-corrected chi connectivity index (χ1v) is 12.2. The number of piperidine rings is 3. The molecule has 0 aromatic heterocycles. The van der Waals surface area contributed by atoms with Crippen LogP contribution in [-0.4, -0.2) is 41.9 Å². The van der Waals surface area contributed by atoms with E-state index in [0.717, 1.165) is 48.9 Å². The number of rotatable bonds is 8. The summed E-state index contributed by atoms with van der Waals surface area (Å²) in [5.74, 6) is -0.120. The van der Waals surface area contributed by atoms with E-state index in [4.69, 9.17) is 4.74 Å². The molecule has 3 heterocycles. The Morgan fingerprint density at radius 1 is 0.829 bits per heavy atom. The molecule has 35 heavy (non-hydrogen) atoms. The Morgan fingerprint density at radius 3 is 1.91 bits per heavy atom. The molecule has 2 bridgehead atoms. The summed E-state index contributed by atoms with van der Waals surface area (Å²) in [6.07, 6.45) is 3.15. The van der Waals surface area contributed by atoms with Gasteiger partial charge >= 0.3 is 0 Å². The minimum atomic E-state index is -1.35. The molecule has 1 N–H and O–H groups in total. The van der Waals surface area contributed by atoms with Crippen molar-refractivity contribution in [3.8, 4) is 0 Å². The van der Waals surface area contributed by atoms with Crippen LogP contribution in [0, 0.1) is 17.6 Å². The van der Waals surface area contributed by atoms with Gasteiger partial charge in [-0.3, -0.25) is 0 Å². The van der Waals surface area contributed by atoms with Gasteiger partial charge in [0, 0.05) is 6.42 Å². The van der Waals surface area contributed by atoms with Gasteiger partial charge in [0.1, 0.15) is 24.2 Å². The molecule has 0 radical (unpaired) electrons. The summed E-state index contributed by atoms with van der Waals surface area (Å²) in [6.45, 7) is 3.92. The lowest BCUT2D eigenvalue weighted by molar-refractivity contribution is -0.973. The number of hydrogen-bond donors (Lipinski definition) is 1. The number of ether oxygens (including phenoxy) is 1. The maximum absolute atomic E-state index is 13.8. The third-order valence-corrected chi connectivity index (χ3v) is 8.03. The van der Waals surface area contributed by atoms with Crippen LogP contribution < -0.4 is 17.0 Å². The van der Waals surface area contributed by atoms with Crippen molar-refractivity contribution in [2.24, 2.45) is 5.92 Å². The molecule has 186 valence electrons. The number of halogens is 3. The molecule has 6 heteroatoms. The van der Waals surface area contributed by atoms with Gasteiger partial charge in [0.2, 0.25) is 0 Å². The number of aliphatic hydroxyl groups is 1. The lowest BCUT2D eigenvalue weighted by atomic mass is 9.69. The molecular formula is C29H32BrF2NO2. The molecule has 0 spiro atoms. The first-order chi connectivity index (χ1) is 16.5. The second-order valence-corrected chi connectivity index (χ2v) is 9.90. The number of nitrogens with zero attached hydrogens (tertiary/aromatic N) is 1. The average molecular weight is 544 g/mol. The molecule has 3 aliphatic heterocycles. The smallest absolute Gasteiger partial charge is 0.166 e. The fourth-order valence-corrected chi connectivity index (χ4v) is 6.14. The highest BCUT2D eigenvalue weighted by molar-refractivity contribution is 5.38. The SMILES string of the molecule is OC(c1ccc(F)cc1)(c1ccc(F)cc1)C1CC2CC[N+]1(CCOCc1ccccc1)CC2.[Br-].